The average molecular weight is 282 g/mol. The van der Waals surface area contributed by atoms with Crippen LogP contribution in [-0.2, 0) is 4.74 Å². The van der Waals surface area contributed by atoms with Crippen molar-refractivity contribution in [1.29, 1.82) is 0 Å². The smallest absolute Gasteiger partial charge is 0.413 e. The highest BCUT2D eigenvalue weighted by Gasteiger charge is 2.07. The van der Waals surface area contributed by atoms with Gasteiger partial charge in [-0.2, -0.15) is 0 Å². The molecule has 2 N–H and O–H groups in total. The van der Waals surface area contributed by atoms with Crippen LogP contribution in [0.15, 0.2) is 24.3 Å². The molecule has 6 heteroatoms. The summed E-state index contributed by atoms with van der Waals surface area (Å²) in [6, 6.07) is 7.23. The van der Waals surface area contributed by atoms with Crippen molar-refractivity contribution in [2.24, 2.45) is 5.92 Å². The lowest BCUT2D eigenvalue weighted by Crippen LogP contribution is -2.35. The van der Waals surface area contributed by atoms with E-state index in [2.05, 4.69) is 10.6 Å². The van der Waals surface area contributed by atoms with Crippen LogP contribution in [0.25, 0.3) is 0 Å². The molecule has 5 nitrogen and oxygen atoms in total. The predicted octanol–water partition coefficient (Wildman–Crippen LogP) is 2.77. The number of nitrogens with one attached hydrogen (secondary N) is 2. The Morgan fingerprint density at radius 1 is 1.42 bits per heavy atom. The van der Waals surface area contributed by atoms with Crippen LogP contribution in [0.4, 0.5) is 10.5 Å². The molecule has 0 saturated heterocycles. The number of amides is 1. The molecule has 0 fully saturated rings. The molecule has 0 saturated carbocycles. The summed E-state index contributed by atoms with van der Waals surface area (Å²) < 4.78 is 10.0. The minimum atomic E-state index is -0.561. The van der Waals surface area contributed by atoms with Crippen molar-refractivity contribution in [3.8, 4) is 5.75 Å². The lowest BCUT2D eigenvalue weighted by molar-refractivity contribution is 0.138. The Balaban J connectivity index is 2.44. The number of ether oxygens (including phenoxy) is 2. The van der Waals surface area contributed by atoms with Gasteiger partial charge in [0.15, 0.2) is 5.11 Å². The van der Waals surface area contributed by atoms with Crippen molar-refractivity contribution < 1.29 is 14.3 Å². The topological polar surface area (TPSA) is 59.6 Å². The molecule has 0 atom stereocenters. The fourth-order valence-corrected chi connectivity index (χ4v) is 1.44. The van der Waals surface area contributed by atoms with Gasteiger partial charge in [0.1, 0.15) is 5.75 Å². The maximum absolute atomic E-state index is 11.4. The van der Waals surface area contributed by atoms with Crippen molar-refractivity contribution >= 4 is 29.1 Å². The summed E-state index contributed by atoms with van der Waals surface area (Å²) >= 11 is 5.01. The van der Waals surface area contributed by atoms with Gasteiger partial charge < -0.3 is 14.8 Å². The van der Waals surface area contributed by atoms with E-state index in [4.69, 9.17) is 21.7 Å². The van der Waals surface area contributed by atoms with E-state index in [0.29, 0.717) is 12.4 Å². The predicted molar refractivity (Wildman–Crippen MR) is 78.5 cm³/mol. The van der Waals surface area contributed by atoms with Crippen LogP contribution < -0.4 is 15.4 Å². The van der Waals surface area contributed by atoms with Crippen LogP contribution in [0.3, 0.4) is 0 Å². The fourth-order valence-electron chi connectivity index (χ4n) is 1.23. The highest BCUT2D eigenvalue weighted by atomic mass is 32.1. The van der Waals surface area contributed by atoms with E-state index < -0.39 is 6.09 Å². The number of anilines is 1. The number of hydrogen-bond acceptors (Lipinski definition) is 4. The first kappa shape index (κ1) is 15.2. The fraction of sp³-hybridized carbons (Fsp3) is 0.385. The summed E-state index contributed by atoms with van der Waals surface area (Å²) in [6.07, 6.45) is -0.561. The maximum atomic E-state index is 11.4. The first-order chi connectivity index (χ1) is 9.01. The molecule has 0 spiro atoms. The zero-order chi connectivity index (χ0) is 14.3. The number of carbonyl (C=O) groups excluding carboxylic acids is 1. The van der Waals surface area contributed by atoms with Gasteiger partial charge in [0.25, 0.3) is 0 Å². The molecule has 1 rings (SSSR count). The SMILES string of the molecule is COc1cccc(NC(=S)NC(=O)OCC(C)C)c1. The molecule has 0 unspecified atom stereocenters. The molecule has 0 radical (unpaired) electrons. The van der Waals surface area contributed by atoms with E-state index in [1.54, 1.807) is 13.2 Å². The van der Waals surface area contributed by atoms with Crippen LogP contribution in [0.5, 0.6) is 5.75 Å². The molecule has 0 heterocycles. The monoisotopic (exact) mass is 282 g/mol. The van der Waals surface area contributed by atoms with Gasteiger partial charge in [-0.05, 0) is 30.3 Å². The number of hydrogen-bond donors (Lipinski definition) is 2. The minimum Gasteiger partial charge on any atom is -0.497 e. The van der Waals surface area contributed by atoms with Crippen LogP contribution >= 0.6 is 12.2 Å². The quantitative estimate of drug-likeness (QED) is 0.832. The third-order valence-electron chi connectivity index (χ3n) is 2.09. The summed E-state index contributed by atoms with van der Waals surface area (Å²) in [5, 5.41) is 5.50. The van der Waals surface area contributed by atoms with Crippen molar-refractivity contribution in [1.82, 2.24) is 5.32 Å². The zero-order valence-corrected chi connectivity index (χ0v) is 12.0. The Bertz CT molecular complexity index is 449. The van der Waals surface area contributed by atoms with E-state index in [1.807, 2.05) is 32.0 Å². The second kappa shape index (κ2) is 7.58. The van der Waals surface area contributed by atoms with Crippen LogP contribution in [0, 0.1) is 5.92 Å². The highest BCUT2D eigenvalue weighted by Crippen LogP contribution is 2.16. The first-order valence-electron chi connectivity index (χ1n) is 5.90. The molecular weight excluding hydrogens is 264 g/mol. The van der Waals surface area contributed by atoms with E-state index >= 15 is 0 Å². The maximum Gasteiger partial charge on any atom is 0.413 e. The van der Waals surface area contributed by atoms with E-state index in [1.165, 1.54) is 0 Å². The second-order valence-electron chi connectivity index (χ2n) is 4.30. The number of thiocarbonyl (C=S) groups is 1. The molecule has 104 valence electrons. The van der Waals surface area contributed by atoms with Gasteiger partial charge in [0.2, 0.25) is 0 Å². The Hall–Kier alpha value is -1.82. The summed E-state index contributed by atoms with van der Waals surface area (Å²) in [5.41, 5.74) is 0.730. The molecule has 0 bridgehead atoms. The van der Waals surface area contributed by atoms with Crippen LogP contribution in [0.2, 0.25) is 0 Å². The van der Waals surface area contributed by atoms with Crippen LogP contribution in [0.1, 0.15) is 13.8 Å². The largest absolute Gasteiger partial charge is 0.497 e. The number of methoxy groups -OCH3 is 1. The molecule has 1 aromatic carbocycles. The van der Waals surface area contributed by atoms with E-state index in [-0.39, 0.29) is 11.0 Å². The lowest BCUT2D eigenvalue weighted by Gasteiger charge is -2.11. The number of alkyl carbamates (subject to hydrolysis) is 1. The normalized spacial score (nSPS) is 9.89. The molecule has 0 aliphatic heterocycles. The molecule has 0 aliphatic carbocycles. The molecule has 0 aliphatic rings. The standard InChI is InChI=1S/C13H18N2O3S/c1-9(2)8-18-13(16)15-12(19)14-10-5-4-6-11(7-10)17-3/h4-7,9H,8H2,1-3H3,(H2,14,15,16,19). The lowest BCUT2D eigenvalue weighted by atomic mass is 10.2. The van der Waals surface area contributed by atoms with Crippen molar-refractivity contribution in [2.75, 3.05) is 19.0 Å². The Labute approximate surface area is 118 Å². The summed E-state index contributed by atoms with van der Waals surface area (Å²) in [5.74, 6) is 0.987. The minimum absolute atomic E-state index is 0.182. The summed E-state index contributed by atoms with van der Waals surface area (Å²) in [4.78, 5) is 11.4. The van der Waals surface area contributed by atoms with Crippen LogP contribution in [-0.4, -0.2) is 24.9 Å². The van der Waals surface area contributed by atoms with Crippen molar-refractivity contribution in [3.63, 3.8) is 0 Å². The van der Waals surface area contributed by atoms with Gasteiger partial charge in [-0.25, -0.2) is 4.79 Å². The number of carbonyl (C=O) groups is 1. The summed E-state index contributed by atoms with van der Waals surface area (Å²) in [6.45, 7) is 4.27. The third kappa shape index (κ3) is 6.05. The highest BCUT2D eigenvalue weighted by molar-refractivity contribution is 7.80. The van der Waals surface area contributed by atoms with Gasteiger partial charge in [-0.3, -0.25) is 5.32 Å². The second-order valence-corrected chi connectivity index (χ2v) is 4.71. The average Bonchev–Trinajstić information content (AvgIpc) is 2.36. The Morgan fingerprint density at radius 2 is 2.16 bits per heavy atom. The number of rotatable bonds is 4. The third-order valence-corrected chi connectivity index (χ3v) is 2.30. The van der Waals surface area contributed by atoms with Crippen molar-refractivity contribution in [3.05, 3.63) is 24.3 Å². The van der Waals surface area contributed by atoms with Crippen molar-refractivity contribution in [2.45, 2.75) is 13.8 Å². The molecule has 0 aromatic heterocycles. The van der Waals surface area contributed by atoms with Gasteiger partial charge in [-0.15, -0.1) is 0 Å². The first-order valence-corrected chi connectivity index (χ1v) is 6.31. The van der Waals surface area contributed by atoms with Gasteiger partial charge in [0.05, 0.1) is 13.7 Å². The molecule has 1 aromatic rings. The Morgan fingerprint density at radius 3 is 2.79 bits per heavy atom. The zero-order valence-electron chi connectivity index (χ0n) is 11.2. The Kier molecular flexibility index (Phi) is 6.08. The molecule has 1 amide bonds. The van der Waals surface area contributed by atoms with Gasteiger partial charge in [-0.1, -0.05) is 19.9 Å². The van der Waals surface area contributed by atoms with Gasteiger partial charge >= 0.3 is 6.09 Å². The van der Waals surface area contributed by atoms with E-state index in [0.717, 1.165) is 5.69 Å². The van der Waals surface area contributed by atoms with E-state index in [9.17, 15) is 4.79 Å². The molecule has 19 heavy (non-hydrogen) atoms. The molecular formula is C13H18N2O3S. The number of benzene rings is 1. The van der Waals surface area contributed by atoms with Gasteiger partial charge in [0, 0.05) is 11.8 Å². The summed E-state index contributed by atoms with van der Waals surface area (Å²) in [7, 11) is 1.58.